The molecule has 3 aromatic carbocycles. The molecule has 0 aliphatic carbocycles. The predicted molar refractivity (Wildman–Crippen MR) is 124 cm³/mol. The Morgan fingerprint density at radius 2 is 1.41 bits per heavy atom. The number of benzene rings is 3. The Labute approximate surface area is 195 Å². The summed E-state index contributed by atoms with van der Waals surface area (Å²) in [5, 5.41) is 11.2. The predicted octanol–water partition coefficient (Wildman–Crippen LogP) is 5.68. The summed E-state index contributed by atoms with van der Waals surface area (Å²) in [5.74, 6) is 0. The molecule has 0 bridgehead atoms. The highest BCUT2D eigenvalue weighted by molar-refractivity contribution is 14.1. The molecule has 0 saturated carbocycles. The van der Waals surface area contributed by atoms with E-state index in [2.05, 4.69) is 32.8 Å². The highest BCUT2D eigenvalue weighted by Gasteiger charge is 2.38. The zero-order valence-corrected chi connectivity index (χ0v) is 19.2. The summed E-state index contributed by atoms with van der Waals surface area (Å²) in [6.07, 6.45) is -4.68. The monoisotopic (exact) mass is 569 g/mol. The lowest BCUT2D eigenvalue weighted by Crippen LogP contribution is -2.11. The lowest BCUT2D eigenvalue weighted by Gasteiger charge is -2.14. The minimum Gasteiger partial charge on any atom is -0.272 e. The van der Waals surface area contributed by atoms with E-state index in [0.29, 0.717) is 16.7 Å². The SMILES string of the molecule is NS(=O)(=O)c1ccc(-c2n[nH]c(C(F)(F)F)c2-c2ccccc2-c2ccc(I)cc2)cc1. The van der Waals surface area contributed by atoms with E-state index in [4.69, 9.17) is 5.14 Å². The van der Waals surface area contributed by atoms with Gasteiger partial charge in [-0.05, 0) is 63.5 Å². The molecule has 0 amide bonds. The summed E-state index contributed by atoms with van der Waals surface area (Å²) in [4.78, 5) is -0.145. The van der Waals surface area contributed by atoms with E-state index in [1.807, 2.05) is 24.3 Å². The number of primary sulfonamides is 1. The van der Waals surface area contributed by atoms with Crippen molar-refractivity contribution >= 4 is 32.6 Å². The number of hydrogen-bond donors (Lipinski definition) is 2. The smallest absolute Gasteiger partial charge is 0.272 e. The number of aromatic amines is 1. The zero-order chi connectivity index (χ0) is 23.1. The average molecular weight is 569 g/mol. The molecule has 164 valence electrons. The molecule has 4 aromatic rings. The first-order valence-corrected chi connectivity index (χ1v) is 11.8. The maximum Gasteiger partial charge on any atom is 0.433 e. The summed E-state index contributed by atoms with van der Waals surface area (Å²) in [6, 6.07) is 19.4. The third kappa shape index (κ3) is 4.43. The Morgan fingerprint density at radius 1 is 0.844 bits per heavy atom. The van der Waals surface area contributed by atoms with Crippen LogP contribution in [0.1, 0.15) is 5.69 Å². The molecule has 1 heterocycles. The van der Waals surface area contributed by atoms with Gasteiger partial charge in [0, 0.05) is 14.7 Å². The fourth-order valence-electron chi connectivity index (χ4n) is 3.40. The number of nitrogens with one attached hydrogen (secondary N) is 1. The molecule has 1 aromatic heterocycles. The summed E-state index contributed by atoms with van der Waals surface area (Å²) in [5.41, 5.74) is 0.980. The van der Waals surface area contributed by atoms with E-state index < -0.39 is 21.9 Å². The van der Waals surface area contributed by atoms with Gasteiger partial charge in [-0.1, -0.05) is 48.5 Å². The van der Waals surface area contributed by atoms with Gasteiger partial charge in [-0.25, -0.2) is 13.6 Å². The minimum absolute atomic E-state index is 0.0521. The number of alkyl halides is 3. The van der Waals surface area contributed by atoms with Crippen molar-refractivity contribution in [3.8, 4) is 33.5 Å². The van der Waals surface area contributed by atoms with Crippen molar-refractivity contribution in [2.24, 2.45) is 5.14 Å². The number of rotatable bonds is 4. The van der Waals surface area contributed by atoms with Crippen LogP contribution in [-0.2, 0) is 16.2 Å². The van der Waals surface area contributed by atoms with E-state index in [0.717, 1.165) is 9.13 Å². The van der Waals surface area contributed by atoms with Gasteiger partial charge < -0.3 is 0 Å². The van der Waals surface area contributed by atoms with Crippen LogP contribution in [0.5, 0.6) is 0 Å². The lowest BCUT2D eigenvalue weighted by atomic mass is 9.91. The van der Waals surface area contributed by atoms with Crippen LogP contribution in [0.25, 0.3) is 33.5 Å². The van der Waals surface area contributed by atoms with Crippen molar-refractivity contribution in [2.45, 2.75) is 11.1 Å². The Morgan fingerprint density at radius 3 is 1.97 bits per heavy atom. The molecule has 0 aliphatic rings. The van der Waals surface area contributed by atoms with E-state index >= 15 is 0 Å². The summed E-state index contributed by atoms with van der Waals surface area (Å²) >= 11 is 2.16. The van der Waals surface area contributed by atoms with Crippen LogP contribution in [-0.4, -0.2) is 18.6 Å². The normalized spacial score (nSPS) is 12.2. The summed E-state index contributed by atoms with van der Waals surface area (Å²) < 4.78 is 65.8. The standard InChI is InChI=1S/C22H15F3IN3O2S/c23-22(24,25)21-19(18-4-2-1-3-17(18)13-5-9-15(26)10-6-13)20(28-29-21)14-7-11-16(12-8-14)32(27,30)31/h1-12H,(H,28,29)(H2,27,30,31). The van der Waals surface area contributed by atoms with Crippen LogP contribution in [0.15, 0.2) is 77.7 Å². The molecule has 32 heavy (non-hydrogen) atoms. The molecule has 4 rings (SSSR count). The first-order valence-electron chi connectivity index (χ1n) is 9.20. The van der Waals surface area contributed by atoms with E-state index in [1.165, 1.54) is 24.3 Å². The fraction of sp³-hybridized carbons (Fsp3) is 0.0455. The van der Waals surface area contributed by atoms with Crippen LogP contribution >= 0.6 is 22.6 Å². The Hall–Kier alpha value is -2.70. The average Bonchev–Trinajstić information content (AvgIpc) is 3.19. The molecular weight excluding hydrogens is 554 g/mol. The first-order chi connectivity index (χ1) is 15.1. The van der Waals surface area contributed by atoms with E-state index in [9.17, 15) is 21.6 Å². The van der Waals surface area contributed by atoms with Gasteiger partial charge in [0.25, 0.3) is 0 Å². The third-order valence-electron chi connectivity index (χ3n) is 4.86. The second-order valence-corrected chi connectivity index (χ2v) is 9.75. The Bertz CT molecular complexity index is 1380. The molecule has 0 atom stereocenters. The van der Waals surface area contributed by atoms with Crippen LogP contribution in [0.2, 0.25) is 0 Å². The third-order valence-corrected chi connectivity index (χ3v) is 6.51. The van der Waals surface area contributed by atoms with Crippen molar-refractivity contribution in [3.05, 3.63) is 82.1 Å². The van der Waals surface area contributed by atoms with Crippen molar-refractivity contribution in [2.75, 3.05) is 0 Å². The van der Waals surface area contributed by atoms with Crippen molar-refractivity contribution in [3.63, 3.8) is 0 Å². The quantitative estimate of drug-likeness (QED) is 0.310. The Balaban J connectivity index is 1.96. The first kappa shape index (κ1) is 22.5. The van der Waals surface area contributed by atoms with Gasteiger partial charge in [0.1, 0.15) is 11.4 Å². The van der Waals surface area contributed by atoms with Gasteiger partial charge in [0.05, 0.1) is 4.90 Å². The van der Waals surface area contributed by atoms with Crippen LogP contribution < -0.4 is 5.14 Å². The van der Waals surface area contributed by atoms with E-state index in [1.54, 1.807) is 24.3 Å². The van der Waals surface area contributed by atoms with Crippen molar-refractivity contribution < 1.29 is 21.6 Å². The number of sulfonamides is 1. The minimum atomic E-state index is -4.68. The van der Waals surface area contributed by atoms with E-state index in [-0.39, 0.29) is 16.2 Å². The van der Waals surface area contributed by atoms with Crippen LogP contribution in [0.3, 0.4) is 0 Å². The lowest BCUT2D eigenvalue weighted by molar-refractivity contribution is -0.140. The number of halogens is 4. The van der Waals surface area contributed by atoms with Gasteiger partial charge in [-0.3, -0.25) is 5.10 Å². The van der Waals surface area contributed by atoms with Gasteiger partial charge in [0.15, 0.2) is 0 Å². The molecule has 0 saturated heterocycles. The van der Waals surface area contributed by atoms with Crippen molar-refractivity contribution in [1.29, 1.82) is 0 Å². The maximum absolute atomic E-state index is 13.9. The second-order valence-electron chi connectivity index (χ2n) is 6.94. The number of nitrogens with two attached hydrogens (primary N) is 1. The molecular formula is C22H15F3IN3O2S. The van der Waals surface area contributed by atoms with Gasteiger partial charge >= 0.3 is 6.18 Å². The maximum atomic E-state index is 13.9. The second kappa shape index (κ2) is 8.34. The van der Waals surface area contributed by atoms with Crippen LogP contribution in [0.4, 0.5) is 13.2 Å². The largest absolute Gasteiger partial charge is 0.433 e. The topological polar surface area (TPSA) is 88.8 Å². The molecule has 0 unspecified atom stereocenters. The molecule has 0 fully saturated rings. The summed E-state index contributed by atoms with van der Waals surface area (Å²) in [6.45, 7) is 0. The molecule has 0 spiro atoms. The summed E-state index contributed by atoms with van der Waals surface area (Å²) in [7, 11) is -3.94. The molecule has 0 radical (unpaired) electrons. The fourth-order valence-corrected chi connectivity index (χ4v) is 4.28. The number of aromatic nitrogens is 2. The molecule has 5 nitrogen and oxygen atoms in total. The molecule has 0 aliphatic heterocycles. The highest BCUT2D eigenvalue weighted by atomic mass is 127. The number of nitrogens with zero attached hydrogens (tertiary/aromatic N) is 1. The number of hydrogen-bond acceptors (Lipinski definition) is 3. The molecule has 3 N–H and O–H groups in total. The zero-order valence-electron chi connectivity index (χ0n) is 16.2. The van der Waals surface area contributed by atoms with Gasteiger partial charge in [0.2, 0.25) is 10.0 Å². The van der Waals surface area contributed by atoms with Crippen LogP contribution in [0, 0.1) is 3.57 Å². The number of H-pyrrole nitrogens is 1. The van der Waals surface area contributed by atoms with Gasteiger partial charge in [-0.2, -0.15) is 18.3 Å². The Kier molecular flexibility index (Phi) is 5.86. The highest BCUT2D eigenvalue weighted by Crippen LogP contribution is 2.44. The van der Waals surface area contributed by atoms with Gasteiger partial charge in [-0.15, -0.1) is 0 Å². The van der Waals surface area contributed by atoms with Crippen molar-refractivity contribution in [1.82, 2.24) is 10.2 Å². The molecule has 10 heteroatoms.